The van der Waals surface area contributed by atoms with Gasteiger partial charge in [0.25, 0.3) is 0 Å². The molecule has 1 aromatic rings. The van der Waals surface area contributed by atoms with E-state index in [4.69, 9.17) is 5.26 Å². The molecule has 0 fully saturated rings. The van der Waals surface area contributed by atoms with Crippen molar-refractivity contribution in [2.24, 2.45) is 5.92 Å². The molecule has 5 nitrogen and oxygen atoms in total. The highest BCUT2D eigenvalue weighted by molar-refractivity contribution is 9.10. The van der Waals surface area contributed by atoms with Gasteiger partial charge in [-0.3, -0.25) is 4.98 Å². The van der Waals surface area contributed by atoms with Crippen LogP contribution >= 0.6 is 15.9 Å². The minimum Gasteiger partial charge on any atom is -0.262 e. The van der Waals surface area contributed by atoms with E-state index in [2.05, 4.69) is 20.9 Å². The van der Waals surface area contributed by atoms with Crippen LogP contribution in [-0.2, 0) is 10.0 Å². The Hall–Kier alpha value is -0.970. The van der Waals surface area contributed by atoms with Gasteiger partial charge in [-0.05, 0) is 28.9 Å². The molecule has 1 atom stereocenters. The van der Waals surface area contributed by atoms with Crippen LogP contribution in [0.2, 0.25) is 0 Å². The van der Waals surface area contributed by atoms with Crippen molar-refractivity contribution in [3.05, 3.63) is 22.9 Å². The van der Waals surface area contributed by atoms with Gasteiger partial charge in [0, 0.05) is 30.5 Å². The number of hydrogen-bond donors (Lipinski definition) is 0. The van der Waals surface area contributed by atoms with Gasteiger partial charge in [0.05, 0.1) is 12.0 Å². The molecule has 92 valence electrons. The normalized spacial score (nSPS) is 13.4. The number of aromatic nitrogens is 1. The van der Waals surface area contributed by atoms with E-state index >= 15 is 0 Å². The third-order valence-corrected chi connectivity index (χ3v) is 4.36. The molecule has 0 spiro atoms. The Morgan fingerprint density at radius 1 is 1.59 bits per heavy atom. The number of nitrogens with zero attached hydrogens (tertiary/aromatic N) is 3. The van der Waals surface area contributed by atoms with Gasteiger partial charge in [-0.2, -0.15) is 9.57 Å². The predicted molar refractivity (Wildman–Crippen MR) is 66.5 cm³/mol. The molecule has 7 heteroatoms. The van der Waals surface area contributed by atoms with E-state index in [0.29, 0.717) is 4.47 Å². The minimum atomic E-state index is -3.58. The minimum absolute atomic E-state index is 0.111. The first kappa shape index (κ1) is 14.1. The lowest BCUT2D eigenvalue weighted by Gasteiger charge is -2.17. The summed E-state index contributed by atoms with van der Waals surface area (Å²) in [6.45, 7) is 1.83. The zero-order valence-corrected chi connectivity index (χ0v) is 11.9. The van der Waals surface area contributed by atoms with Crippen molar-refractivity contribution in [3.63, 3.8) is 0 Å². The van der Waals surface area contributed by atoms with Gasteiger partial charge in [0.2, 0.25) is 10.0 Å². The van der Waals surface area contributed by atoms with E-state index < -0.39 is 10.0 Å². The second-order valence-corrected chi connectivity index (χ2v) is 6.62. The SMILES string of the molecule is CC(C#N)CN(C)S(=O)(=O)c1cncc(Br)c1. The summed E-state index contributed by atoms with van der Waals surface area (Å²) in [5.41, 5.74) is 0. The molecular weight excluding hydrogens is 306 g/mol. The van der Waals surface area contributed by atoms with Crippen molar-refractivity contribution in [1.82, 2.24) is 9.29 Å². The fourth-order valence-corrected chi connectivity index (χ4v) is 3.00. The Labute approximate surface area is 109 Å². The maximum Gasteiger partial charge on any atom is 0.244 e. The average Bonchev–Trinajstić information content (AvgIpc) is 2.28. The predicted octanol–water partition coefficient (Wildman–Crippen LogP) is 1.62. The fourth-order valence-electron chi connectivity index (χ4n) is 1.24. The smallest absolute Gasteiger partial charge is 0.244 e. The molecule has 1 unspecified atom stereocenters. The van der Waals surface area contributed by atoms with Crippen LogP contribution in [-0.4, -0.2) is 31.3 Å². The zero-order valence-electron chi connectivity index (χ0n) is 9.46. The maximum absolute atomic E-state index is 12.1. The molecule has 0 aliphatic rings. The molecule has 0 N–H and O–H groups in total. The van der Waals surface area contributed by atoms with Crippen molar-refractivity contribution in [2.75, 3.05) is 13.6 Å². The summed E-state index contributed by atoms with van der Waals surface area (Å²) in [6.07, 6.45) is 2.80. The highest BCUT2D eigenvalue weighted by atomic mass is 79.9. The average molecular weight is 318 g/mol. The molecule has 0 amide bonds. The first-order chi connectivity index (χ1) is 7.87. The molecule has 0 radical (unpaired) electrons. The second kappa shape index (κ2) is 5.58. The largest absolute Gasteiger partial charge is 0.262 e. The van der Waals surface area contributed by atoms with Crippen LogP contribution in [0.1, 0.15) is 6.92 Å². The van der Waals surface area contributed by atoms with Gasteiger partial charge >= 0.3 is 0 Å². The van der Waals surface area contributed by atoms with Crippen LogP contribution in [0, 0.1) is 17.2 Å². The van der Waals surface area contributed by atoms with Crippen molar-refractivity contribution < 1.29 is 8.42 Å². The Morgan fingerprint density at radius 2 is 2.24 bits per heavy atom. The van der Waals surface area contributed by atoms with Gasteiger partial charge in [0.1, 0.15) is 4.90 Å². The van der Waals surface area contributed by atoms with Gasteiger partial charge in [-0.25, -0.2) is 8.42 Å². The van der Waals surface area contributed by atoms with E-state index in [0.717, 1.165) is 4.31 Å². The standard InChI is InChI=1S/C10H12BrN3O2S/c1-8(4-12)7-14(2)17(15,16)10-3-9(11)5-13-6-10/h3,5-6,8H,7H2,1-2H3. The molecule has 0 saturated heterocycles. The van der Waals surface area contributed by atoms with E-state index in [1.807, 2.05) is 6.07 Å². The summed E-state index contributed by atoms with van der Waals surface area (Å²) < 4.78 is 25.9. The van der Waals surface area contributed by atoms with Gasteiger partial charge in [0.15, 0.2) is 0 Å². The summed E-state index contributed by atoms with van der Waals surface area (Å²) in [5, 5.41) is 8.67. The van der Waals surface area contributed by atoms with Crippen molar-refractivity contribution in [2.45, 2.75) is 11.8 Å². The monoisotopic (exact) mass is 317 g/mol. The van der Waals surface area contributed by atoms with Gasteiger partial charge in [-0.15, -0.1) is 0 Å². The van der Waals surface area contributed by atoms with Crippen LogP contribution < -0.4 is 0 Å². The summed E-state index contributed by atoms with van der Waals surface area (Å²) in [6, 6.07) is 3.48. The molecule has 0 saturated carbocycles. The summed E-state index contributed by atoms with van der Waals surface area (Å²) in [5.74, 6) is -0.352. The van der Waals surface area contributed by atoms with Crippen LogP contribution in [0.3, 0.4) is 0 Å². The number of pyridine rings is 1. The number of rotatable bonds is 4. The Morgan fingerprint density at radius 3 is 2.76 bits per heavy atom. The molecular formula is C10H12BrN3O2S. The Balaban J connectivity index is 3.00. The molecule has 1 aromatic heterocycles. The van der Waals surface area contributed by atoms with Gasteiger partial charge in [-0.1, -0.05) is 0 Å². The summed E-state index contributed by atoms with van der Waals surface area (Å²) in [4.78, 5) is 3.93. The van der Waals surface area contributed by atoms with E-state index in [9.17, 15) is 8.42 Å². The maximum atomic E-state index is 12.1. The molecule has 17 heavy (non-hydrogen) atoms. The fraction of sp³-hybridized carbons (Fsp3) is 0.400. The summed E-state index contributed by atoms with van der Waals surface area (Å²) in [7, 11) is -2.13. The molecule has 1 rings (SSSR count). The van der Waals surface area contributed by atoms with Crippen molar-refractivity contribution in [1.29, 1.82) is 5.26 Å². The number of halogens is 1. The third-order valence-electron chi connectivity index (χ3n) is 2.14. The zero-order chi connectivity index (χ0) is 13.1. The molecule has 0 aliphatic carbocycles. The highest BCUT2D eigenvalue weighted by Gasteiger charge is 2.22. The first-order valence-electron chi connectivity index (χ1n) is 4.84. The van der Waals surface area contributed by atoms with Crippen LogP contribution in [0.4, 0.5) is 0 Å². The third kappa shape index (κ3) is 3.49. The number of sulfonamides is 1. The lowest BCUT2D eigenvalue weighted by atomic mass is 10.2. The van der Waals surface area contributed by atoms with Crippen LogP contribution in [0.5, 0.6) is 0 Å². The summed E-state index contributed by atoms with van der Waals surface area (Å²) >= 11 is 3.17. The highest BCUT2D eigenvalue weighted by Crippen LogP contribution is 2.18. The van der Waals surface area contributed by atoms with E-state index in [1.165, 1.54) is 25.5 Å². The molecule has 0 aromatic carbocycles. The van der Waals surface area contributed by atoms with E-state index in [-0.39, 0.29) is 17.4 Å². The number of nitriles is 1. The van der Waals surface area contributed by atoms with Crippen molar-refractivity contribution >= 4 is 26.0 Å². The quantitative estimate of drug-likeness (QED) is 0.845. The van der Waals surface area contributed by atoms with Crippen LogP contribution in [0.25, 0.3) is 0 Å². The lowest BCUT2D eigenvalue weighted by Crippen LogP contribution is -2.30. The Kier molecular flexibility index (Phi) is 4.62. The van der Waals surface area contributed by atoms with Crippen molar-refractivity contribution in [3.8, 4) is 6.07 Å². The molecule has 0 bridgehead atoms. The number of hydrogen-bond acceptors (Lipinski definition) is 4. The van der Waals surface area contributed by atoms with Gasteiger partial charge < -0.3 is 0 Å². The van der Waals surface area contributed by atoms with E-state index in [1.54, 1.807) is 6.92 Å². The first-order valence-corrected chi connectivity index (χ1v) is 7.07. The topological polar surface area (TPSA) is 74.1 Å². The van der Waals surface area contributed by atoms with Crippen LogP contribution in [0.15, 0.2) is 27.8 Å². The Bertz CT molecular complexity index is 539. The lowest BCUT2D eigenvalue weighted by molar-refractivity contribution is 0.439. The second-order valence-electron chi connectivity index (χ2n) is 3.65. The molecule has 0 aliphatic heterocycles. The molecule has 1 heterocycles.